The normalized spacial score (nSPS) is 16.0. The smallest absolute Gasteiger partial charge is 0.142 e. The monoisotopic (exact) mass is 268 g/mol. The lowest BCUT2D eigenvalue weighted by Gasteiger charge is -2.27. The molecule has 0 spiro atoms. The van der Waals surface area contributed by atoms with Crippen LogP contribution < -0.4 is 15.4 Å². The first kappa shape index (κ1) is 13.0. The van der Waals surface area contributed by atoms with Gasteiger partial charge in [-0.2, -0.15) is 0 Å². The highest BCUT2D eigenvalue weighted by atomic mass is 16.5. The minimum Gasteiger partial charge on any atom is -0.491 e. The molecule has 0 fully saturated rings. The Morgan fingerprint density at radius 3 is 2.55 bits per heavy atom. The van der Waals surface area contributed by atoms with Crippen molar-refractivity contribution in [1.29, 1.82) is 0 Å². The van der Waals surface area contributed by atoms with Gasteiger partial charge >= 0.3 is 0 Å². The molecule has 1 heterocycles. The number of para-hydroxylation sites is 3. The lowest BCUT2D eigenvalue weighted by Crippen LogP contribution is -2.21. The number of hydrogen-bond donors (Lipinski definition) is 1. The van der Waals surface area contributed by atoms with E-state index in [1.54, 1.807) is 0 Å². The third-order valence-corrected chi connectivity index (χ3v) is 3.66. The fourth-order valence-electron chi connectivity index (χ4n) is 2.70. The molecule has 2 aromatic carbocycles. The minimum atomic E-state index is 0.0162. The van der Waals surface area contributed by atoms with E-state index in [2.05, 4.69) is 35.2 Å². The van der Waals surface area contributed by atoms with Crippen molar-refractivity contribution in [2.45, 2.75) is 19.4 Å². The molecule has 0 unspecified atom stereocenters. The molecule has 0 amide bonds. The van der Waals surface area contributed by atoms with Crippen LogP contribution in [0, 0.1) is 0 Å². The van der Waals surface area contributed by atoms with Crippen LogP contribution in [0.5, 0.6) is 5.75 Å². The molecule has 1 aliphatic heterocycles. The molecule has 3 rings (SSSR count). The van der Waals surface area contributed by atoms with Gasteiger partial charge in [0, 0.05) is 18.3 Å². The summed E-state index contributed by atoms with van der Waals surface area (Å²) in [6, 6.07) is 16.6. The molecule has 0 aromatic heterocycles. The topological polar surface area (TPSA) is 38.5 Å². The minimum absolute atomic E-state index is 0.0162. The van der Waals surface area contributed by atoms with E-state index < -0.39 is 0 Å². The molecule has 0 saturated carbocycles. The van der Waals surface area contributed by atoms with Crippen molar-refractivity contribution in [1.82, 2.24) is 0 Å². The lowest BCUT2D eigenvalue weighted by atomic mass is 10.0. The van der Waals surface area contributed by atoms with Gasteiger partial charge in [-0.1, -0.05) is 30.3 Å². The van der Waals surface area contributed by atoms with E-state index in [4.69, 9.17) is 10.5 Å². The van der Waals surface area contributed by atoms with E-state index in [1.165, 1.54) is 11.3 Å². The summed E-state index contributed by atoms with van der Waals surface area (Å²) >= 11 is 0. The summed E-state index contributed by atoms with van der Waals surface area (Å²) in [6.07, 6.45) is 1.00. The molecule has 2 N–H and O–H groups in total. The third kappa shape index (κ3) is 2.37. The van der Waals surface area contributed by atoms with Crippen LogP contribution in [-0.4, -0.2) is 13.2 Å². The van der Waals surface area contributed by atoms with Crippen LogP contribution in [0.1, 0.15) is 24.9 Å². The number of ether oxygens (including phenoxy) is 1. The molecule has 0 bridgehead atoms. The molecular formula is C17H20N2O. The maximum Gasteiger partial charge on any atom is 0.142 e. The Morgan fingerprint density at radius 2 is 1.75 bits per heavy atom. The largest absolute Gasteiger partial charge is 0.491 e. The van der Waals surface area contributed by atoms with Gasteiger partial charge in [-0.15, -0.1) is 0 Å². The Morgan fingerprint density at radius 1 is 1.05 bits per heavy atom. The average Bonchev–Trinajstić information content (AvgIpc) is 2.69. The fraction of sp³-hybridized carbons (Fsp3) is 0.294. The standard InChI is InChI=1S/C17H20N2O/c1-13(18)14-7-2-3-8-15(14)19-11-6-12-20-17-10-5-4-9-16(17)19/h2-5,7-10,13H,6,11-12,18H2,1H3/t13-/m0/s1. The average molecular weight is 268 g/mol. The number of benzene rings is 2. The van der Waals surface area contributed by atoms with Crippen molar-refractivity contribution in [2.24, 2.45) is 5.73 Å². The van der Waals surface area contributed by atoms with E-state index in [0.29, 0.717) is 0 Å². The van der Waals surface area contributed by atoms with E-state index >= 15 is 0 Å². The second-order valence-electron chi connectivity index (χ2n) is 5.17. The molecule has 1 atom stereocenters. The summed E-state index contributed by atoms with van der Waals surface area (Å²) in [7, 11) is 0. The van der Waals surface area contributed by atoms with Crippen LogP contribution in [0.3, 0.4) is 0 Å². The van der Waals surface area contributed by atoms with E-state index in [1.807, 2.05) is 25.1 Å². The Hall–Kier alpha value is -2.00. The van der Waals surface area contributed by atoms with E-state index in [9.17, 15) is 0 Å². The SMILES string of the molecule is C[C@H](N)c1ccccc1N1CCCOc2ccccc21. The molecule has 104 valence electrons. The molecule has 0 aliphatic carbocycles. The number of fused-ring (bicyclic) bond motifs is 1. The van der Waals surface area contributed by atoms with E-state index in [-0.39, 0.29) is 6.04 Å². The van der Waals surface area contributed by atoms with Gasteiger partial charge in [-0.3, -0.25) is 0 Å². The fourth-order valence-corrected chi connectivity index (χ4v) is 2.70. The summed E-state index contributed by atoms with van der Waals surface area (Å²) < 4.78 is 5.83. The van der Waals surface area contributed by atoms with Crippen LogP contribution in [0.4, 0.5) is 11.4 Å². The molecule has 3 heteroatoms. The Balaban J connectivity index is 2.10. The highest BCUT2D eigenvalue weighted by Gasteiger charge is 2.20. The second kappa shape index (κ2) is 5.55. The molecular weight excluding hydrogens is 248 g/mol. The third-order valence-electron chi connectivity index (χ3n) is 3.66. The van der Waals surface area contributed by atoms with Crippen molar-refractivity contribution >= 4 is 11.4 Å². The summed E-state index contributed by atoms with van der Waals surface area (Å²) in [5, 5.41) is 0. The Labute approximate surface area is 120 Å². The summed E-state index contributed by atoms with van der Waals surface area (Å²) in [6.45, 7) is 3.73. The van der Waals surface area contributed by atoms with Gasteiger partial charge in [0.05, 0.1) is 12.3 Å². The van der Waals surface area contributed by atoms with Gasteiger partial charge in [-0.05, 0) is 37.1 Å². The van der Waals surface area contributed by atoms with Crippen LogP contribution in [0.15, 0.2) is 48.5 Å². The molecule has 2 aromatic rings. The van der Waals surface area contributed by atoms with Crippen LogP contribution in [-0.2, 0) is 0 Å². The molecule has 3 nitrogen and oxygen atoms in total. The predicted octanol–water partition coefficient (Wildman–Crippen LogP) is 3.63. The van der Waals surface area contributed by atoms with Gasteiger partial charge in [0.15, 0.2) is 0 Å². The number of nitrogens with two attached hydrogens (primary N) is 1. The Kier molecular flexibility index (Phi) is 3.61. The molecule has 0 saturated heterocycles. The van der Waals surface area contributed by atoms with Gasteiger partial charge in [0.25, 0.3) is 0 Å². The predicted molar refractivity (Wildman–Crippen MR) is 82.6 cm³/mol. The van der Waals surface area contributed by atoms with Gasteiger partial charge < -0.3 is 15.4 Å². The van der Waals surface area contributed by atoms with E-state index in [0.717, 1.165) is 31.0 Å². The zero-order valence-corrected chi connectivity index (χ0v) is 11.8. The number of hydrogen-bond acceptors (Lipinski definition) is 3. The highest BCUT2D eigenvalue weighted by molar-refractivity contribution is 5.72. The molecule has 20 heavy (non-hydrogen) atoms. The van der Waals surface area contributed by atoms with Crippen molar-refractivity contribution in [3.05, 3.63) is 54.1 Å². The van der Waals surface area contributed by atoms with Gasteiger partial charge in [0.1, 0.15) is 5.75 Å². The van der Waals surface area contributed by atoms with Crippen molar-refractivity contribution in [2.75, 3.05) is 18.1 Å². The van der Waals surface area contributed by atoms with Crippen molar-refractivity contribution < 1.29 is 4.74 Å². The number of rotatable bonds is 2. The van der Waals surface area contributed by atoms with Crippen molar-refractivity contribution in [3.8, 4) is 5.75 Å². The van der Waals surface area contributed by atoms with Gasteiger partial charge in [0.2, 0.25) is 0 Å². The summed E-state index contributed by atoms with van der Waals surface area (Å²) in [5.74, 6) is 0.949. The maximum atomic E-state index is 6.12. The quantitative estimate of drug-likeness (QED) is 0.904. The number of anilines is 2. The zero-order valence-electron chi connectivity index (χ0n) is 11.8. The van der Waals surface area contributed by atoms with Gasteiger partial charge in [-0.25, -0.2) is 0 Å². The second-order valence-corrected chi connectivity index (χ2v) is 5.17. The Bertz CT molecular complexity index is 595. The first-order chi connectivity index (χ1) is 9.77. The first-order valence-electron chi connectivity index (χ1n) is 7.11. The molecule has 0 radical (unpaired) electrons. The van der Waals surface area contributed by atoms with Crippen LogP contribution >= 0.6 is 0 Å². The number of nitrogens with zero attached hydrogens (tertiary/aromatic N) is 1. The zero-order chi connectivity index (χ0) is 13.9. The lowest BCUT2D eigenvalue weighted by molar-refractivity contribution is 0.322. The summed E-state index contributed by atoms with van der Waals surface area (Å²) in [4.78, 5) is 2.32. The van der Waals surface area contributed by atoms with Crippen LogP contribution in [0.2, 0.25) is 0 Å². The van der Waals surface area contributed by atoms with Crippen molar-refractivity contribution in [3.63, 3.8) is 0 Å². The maximum absolute atomic E-state index is 6.12. The van der Waals surface area contributed by atoms with Crippen LogP contribution in [0.25, 0.3) is 0 Å². The summed E-state index contributed by atoms with van der Waals surface area (Å²) in [5.41, 5.74) is 9.60. The molecule has 1 aliphatic rings. The highest BCUT2D eigenvalue weighted by Crippen LogP contribution is 2.38. The first-order valence-corrected chi connectivity index (χ1v) is 7.11.